The molecule has 0 saturated heterocycles. The largest absolute Gasteiger partial charge is 0.364 e. The van der Waals surface area contributed by atoms with Crippen molar-refractivity contribution in [2.24, 2.45) is 0 Å². The lowest BCUT2D eigenvalue weighted by Gasteiger charge is -2.06. The van der Waals surface area contributed by atoms with E-state index in [4.69, 9.17) is 0 Å². The first-order chi connectivity index (χ1) is 9.74. The highest BCUT2D eigenvalue weighted by Crippen LogP contribution is 2.20. The molecule has 2 aromatic heterocycles. The second-order valence-electron chi connectivity index (χ2n) is 5.17. The van der Waals surface area contributed by atoms with Gasteiger partial charge in [0.25, 0.3) is 0 Å². The molecule has 3 aromatic rings. The average Bonchev–Trinajstić information content (AvgIpc) is 2.91. The minimum atomic E-state index is 0.414. The third-order valence-corrected chi connectivity index (χ3v) is 3.30. The summed E-state index contributed by atoms with van der Waals surface area (Å²) in [6.07, 6.45) is 3.66. The molecular weight excluding hydrogens is 248 g/mol. The van der Waals surface area contributed by atoms with Crippen molar-refractivity contribution >= 4 is 11.3 Å². The number of fused-ring (bicyclic) bond motifs is 1. The molecule has 0 atom stereocenters. The maximum absolute atomic E-state index is 4.56. The molecule has 1 aromatic carbocycles. The Bertz CT molecular complexity index is 701. The van der Waals surface area contributed by atoms with Gasteiger partial charge in [-0.05, 0) is 17.5 Å². The molecule has 0 aliphatic carbocycles. The van der Waals surface area contributed by atoms with Crippen LogP contribution in [-0.4, -0.2) is 14.6 Å². The highest BCUT2D eigenvalue weighted by molar-refractivity contribution is 5.67. The van der Waals surface area contributed by atoms with Crippen molar-refractivity contribution < 1.29 is 0 Å². The lowest BCUT2D eigenvalue weighted by molar-refractivity contribution is 0.787. The summed E-state index contributed by atoms with van der Waals surface area (Å²) in [6.45, 7) is 5.05. The predicted octanol–water partition coefficient (Wildman–Crippen LogP) is 3.46. The summed E-state index contributed by atoms with van der Waals surface area (Å²) in [7, 11) is 0. The summed E-state index contributed by atoms with van der Waals surface area (Å²) in [5.74, 6) is 1.28. The lowest BCUT2D eigenvalue weighted by Crippen LogP contribution is -2.03. The Hall–Kier alpha value is -2.36. The zero-order valence-electron chi connectivity index (χ0n) is 11.7. The monoisotopic (exact) mass is 266 g/mol. The van der Waals surface area contributed by atoms with Gasteiger partial charge in [0, 0.05) is 18.9 Å². The van der Waals surface area contributed by atoms with E-state index < -0.39 is 0 Å². The van der Waals surface area contributed by atoms with Crippen molar-refractivity contribution in [3.05, 3.63) is 60.0 Å². The molecule has 2 heterocycles. The van der Waals surface area contributed by atoms with Crippen molar-refractivity contribution in [1.29, 1.82) is 0 Å². The Morgan fingerprint density at radius 3 is 2.75 bits per heavy atom. The van der Waals surface area contributed by atoms with E-state index in [-0.39, 0.29) is 0 Å². The number of nitrogens with one attached hydrogen (secondary N) is 1. The van der Waals surface area contributed by atoms with Gasteiger partial charge in [-0.2, -0.15) is 5.10 Å². The van der Waals surface area contributed by atoms with E-state index in [0.29, 0.717) is 5.92 Å². The second-order valence-corrected chi connectivity index (χ2v) is 5.17. The molecular formula is C16H18N4. The van der Waals surface area contributed by atoms with E-state index in [1.807, 2.05) is 28.9 Å². The number of aromatic nitrogens is 3. The Balaban J connectivity index is 1.87. The molecule has 0 saturated carbocycles. The number of rotatable bonds is 4. The maximum atomic E-state index is 4.56. The van der Waals surface area contributed by atoms with Crippen molar-refractivity contribution in [2.45, 2.75) is 26.3 Å². The highest BCUT2D eigenvalue weighted by atomic mass is 15.2. The van der Waals surface area contributed by atoms with Crippen molar-refractivity contribution in [1.82, 2.24) is 14.6 Å². The maximum Gasteiger partial charge on any atom is 0.152 e. The molecule has 0 radical (unpaired) electrons. The third kappa shape index (κ3) is 2.50. The molecule has 1 N–H and O–H groups in total. The van der Waals surface area contributed by atoms with Crippen LogP contribution in [0.4, 0.5) is 5.82 Å². The molecule has 0 aliphatic heterocycles. The second kappa shape index (κ2) is 5.33. The van der Waals surface area contributed by atoms with Crippen LogP contribution in [0.1, 0.15) is 31.0 Å². The van der Waals surface area contributed by atoms with Crippen molar-refractivity contribution in [3.63, 3.8) is 0 Å². The van der Waals surface area contributed by atoms with E-state index >= 15 is 0 Å². The van der Waals surface area contributed by atoms with Crippen LogP contribution in [-0.2, 0) is 6.54 Å². The smallest absolute Gasteiger partial charge is 0.152 e. The Labute approximate surface area is 118 Å². The van der Waals surface area contributed by atoms with Crippen LogP contribution in [0.2, 0.25) is 0 Å². The number of hydrogen-bond donors (Lipinski definition) is 1. The van der Waals surface area contributed by atoms with Gasteiger partial charge in [-0.1, -0.05) is 44.2 Å². The van der Waals surface area contributed by atoms with E-state index in [0.717, 1.165) is 23.6 Å². The fraction of sp³-hybridized carbons (Fsp3) is 0.250. The predicted molar refractivity (Wildman–Crippen MR) is 80.8 cm³/mol. The zero-order valence-corrected chi connectivity index (χ0v) is 11.7. The summed E-state index contributed by atoms with van der Waals surface area (Å²) in [5.41, 5.74) is 3.34. The van der Waals surface area contributed by atoms with Gasteiger partial charge >= 0.3 is 0 Å². The quantitative estimate of drug-likeness (QED) is 0.786. The van der Waals surface area contributed by atoms with Gasteiger partial charge in [0.15, 0.2) is 5.82 Å². The van der Waals surface area contributed by atoms with Crippen LogP contribution in [0.15, 0.2) is 48.8 Å². The first-order valence-corrected chi connectivity index (χ1v) is 6.86. The third-order valence-electron chi connectivity index (χ3n) is 3.30. The Morgan fingerprint density at radius 1 is 1.20 bits per heavy atom. The van der Waals surface area contributed by atoms with Crippen LogP contribution in [0.25, 0.3) is 5.52 Å². The fourth-order valence-electron chi connectivity index (χ4n) is 2.14. The van der Waals surface area contributed by atoms with Gasteiger partial charge in [-0.3, -0.25) is 0 Å². The normalized spacial score (nSPS) is 11.2. The molecule has 0 spiro atoms. The van der Waals surface area contributed by atoms with Gasteiger partial charge < -0.3 is 5.32 Å². The minimum absolute atomic E-state index is 0.414. The Kier molecular flexibility index (Phi) is 3.37. The number of hydrogen-bond acceptors (Lipinski definition) is 3. The topological polar surface area (TPSA) is 42.2 Å². The average molecular weight is 266 g/mol. The van der Waals surface area contributed by atoms with Crippen LogP contribution in [0, 0.1) is 0 Å². The summed E-state index contributed by atoms with van der Waals surface area (Å²) < 4.78 is 1.88. The zero-order chi connectivity index (χ0) is 13.9. The summed E-state index contributed by atoms with van der Waals surface area (Å²) >= 11 is 0. The van der Waals surface area contributed by atoms with Gasteiger partial charge in [0.05, 0.1) is 5.69 Å². The molecule has 102 valence electrons. The number of nitrogens with zero attached hydrogens (tertiary/aromatic N) is 3. The Morgan fingerprint density at radius 2 is 2.00 bits per heavy atom. The van der Waals surface area contributed by atoms with Gasteiger partial charge in [-0.25, -0.2) is 9.50 Å². The summed E-state index contributed by atoms with van der Waals surface area (Å²) in [5, 5.41) is 7.95. The van der Waals surface area contributed by atoms with Gasteiger partial charge in [0.2, 0.25) is 0 Å². The van der Waals surface area contributed by atoms with E-state index in [1.54, 1.807) is 6.20 Å². The highest BCUT2D eigenvalue weighted by Gasteiger charge is 2.09. The molecule has 20 heavy (non-hydrogen) atoms. The SMILES string of the molecule is CC(C)c1cc2c(NCc3ccccc3)nccn2n1. The minimum Gasteiger partial charge on any atom is -0.364 e. The van der Waals surface area contributed by atoms with E-state index in [2.05, 4.69) is 47.4 Å². The number of benzene rings is 1. The molecule has 0 unspecified atom stereocenters. The molecule has 4 heteroatoms. The summed E-state index contributed by atoms with van der Waals surface area (Å²) in [4.78, 5) is 4.42. The lowest BCUT2D eigenvalue weighted by atomic mass is 10.1. The molecule has 0 aliphatic rings. The first-order valence-electron chi connectivity index (χ1n) is 6.86. The van der Waals surface area contributed by atoms with Crippen LogP contribution >= 0.6 is 0 Å². The van der Waals surface area contributed by atoms with Gasteiger partial charge in [-0.15, -0.1) is 0 Å². The van der Waals surface area contributed by atoms with Crippen LogP contribution < -0.4 is 5.32 Å². The molecule has 0 amide bonds. The molecule has 4 nitrogen and oxygen atoms in total. The molecule has 0 fully saturated rings. The summed E-state index contributed by atoms with van der Waals surface area (Å²) in [6, 6.07) is 12.4. The van der Waals surface area contributed by atoms with E-state index in [9.17, 15) is 0 Å². The van der Waals surface area contributed by atoms with Crippen molar-refractivity contribution in [3.8, 4) is 0 Å². The first kappa shape index (κ1) is 12.7. The number of anilines is 1. The van der Waals surface area contributed by atoms with Crippen molar-refractivity contribution in [2.75, 3.05) is 5.32 Å². The molecule has 3 rings (SSSR count). The standard InChI is InChI=1S/C16H18N4/c1-12(2)14-10-15-16(17-8-9-20(15)19-14)18-11-13-6-4-3-5-7-13/h3-10,12H,11H2,1-2H3,(H,17,18). The molecule has 0 bridgehead atoms. The van der Waals surface area contributed by atoms with Crippen LogP contribution in [0.3, 0.4) is 0 Å². The fourth-order valence-corrected chi connectivity index (χ4v) is 2.14. The van der Waals surface area contributed by atoms with Crippen LogP contribution in [0.5, 0.6) is 0 Å². The van der Waals surface area contributed by atoms with Gasteiger partial charge in [0.1, 0.15) is 5.52 Å². The van der Waals surface area contributed by atoms with E-state index in [1.165, 1.54) is 5.56 Å².